The molecule has 0 fully saturated rings. The van der Waals surface area contributed by atoms with Crippen LogP contribution in [0.4, 0.5) is 0 Å². The van der Waals surface area contributed by atoms with Gasteiger partial charge in [0.15, 0.2) is 0 Å². The van der Waals surface area contributed by atoms with Gasteiger partial charge < -0.3 is 13.4 Å². The Balaban J connectivity index is 1.77. The Kier molecular flexibility index (Phi) is 6.38. The number of hydrogen-bond acceptors (Lipinski definition) is 2. The van der Waals surface area contributed by atoms with E-state index in [0.29, 0.717) is 0 Å². The molecule has 0 aliphatic carbocycles. The molecule has 0 bridgehead atoms. The molecular weight excluding hydrogens is 518 g/mol. The Bertz CT molecular complexity index is 1760. The van der Waals surface area contributed by atoms with E-state index in [0.717, 1.165) is 33.8 Å². The molecule has 0 saturated carbocycles. The van der Waals surface area contributed by atoms with Crippen molar-refractivity contribution in [1.29, 1.82) is 0 Å². The molecule has 0 unspecified atom stereocenters. The number of furan rings is 2. The number of benzene rings is 4. The normalized spacial score (nSPS) is 11.5. The van der Waals surface area contributed by atoms with E-state index in [4.69, 9.17) is 8.83 Å². The summed E-state index contributed by atoms with van der Waals surface area (Å²) in [4.78, 5) is 0. The number of hydrogen-bond donors (Lipinski definition) is 0. The van der Waals surface area contributed by atoms with E-state index in [9.17, 15) is 0 Å². The lowest BCUT2D eigenvalue weighted by Crippen LogP contribution is -2.76. The molecule has 0 spiro atoms. The van der Waals surface area contributed by atoms with Crippen LogP contribution in [0.15, 0.2) is 167 Å². The van der Waals surface area contributed by atoms with Gasteiger partial charge in [-0.3, -0.25) is 0 Å². The van der Waals surface area contributed by atoms with Crippen molar-refractivity contribution < 1.29 is 8.83 Å². The highest BCUT2D eigenvalue weighted by Gasteiger charge is 2.47. The minimum atomic E-state index is -2.98. The van der Waals surface area contributed by atoms with Crippen LogP contribution in [0.1, 0.15) is 5.69 Å². The van der Waals surface area contributed by atoms with Crippen LogP contribution in [0.25, 0.3) is 28.1 Å². The fourth-order valence-electron chi connectivity index (χ4n) is 6.34. The zero-order valence-corrected chi connectivity index (χ0v) is 23.8. The number of rotatable bonds is 7. The highest BCUT2D eigenvalue weighted by Crippen LogP contribution is 2.38. The van der Waals surface area contributed by atoms with E-state index in [2.05, 4.69) is 139 Å². The maximum atomic E-state index is 6.28. The van der Waals surface area contributed by atoms with Gasteiger partial charge in [-0.15, -0.1) is 0 Å². The van der Waals surface area contributed by atoms with Gasteiger partial charge in [-0.2, -0.15) is 0 Å². The van der Waals surface area contributed by atoms with Gasteiger partial charge in [-0.25, -0.2) is 0 Å². The molecule has 0 radical (unpaired) electrons. The molecular formula is C37H29NO2Si. The Hall–Kier alpha value is -5.06. The topological polar surface area (TPSA) is 31.2 Å². The highest BCUT2D eigenvalue weighted by atomic mass is 28.3. The first-order valence-electron chi connectivity index (χ1n) is 13.8. The van der Waals surface area contributed by atoms with Crippen LogP contribution in [-0.4, -0.2) is 12.6 Å². The van der Waals surface area contributed by atoms with Crippen molar-refractivity contribution in [1.82, 2.24) is 4.57 Å². The molecule has 0 aliphatic rings. The molecule has 3 heterocycles. The van der Waals surface area contributed by atoms with Crippen LogP contribution in [0.5, 0.6) is 0 Å². The Morgan fingerprint density at radius 3 is 1.54 bits per heavy atom. The third-order valence-electron chi connectivity index (χ3n) is 7.98. The van der Waals surface area contributed by atoms with Crippen molar-refractivity contribution >= 4 is 29.0 Å². The largest absolute Gasteiger partial charge is 0.472 e. The molecule has 0 atom stereocenters. The van der Waals surface area contributed by atoms with Gasteiger partial charge in [0, 0.05) is 33.4 Å². The predicted molar refractivity (Wildman–Crippen MR) is 170 cm³/mol. The quantitative estimate of drug-likeness (QED) is 0.165. The van der Waals surface area contributed by atoms with Crippen LogP contribution < -0.4 is 20.9 Å². The molecule has 198 valence electrons. The summed E-state index contributed by atoms with van der Waals surface area (Å²) in [6, 6.07) is 49.9. The third-order valence-corrected chi connectivity index (χ3v) is 12.8. The van der Waals surface area contributed by atoms with Crippen LogP contribution in [0.3, 0.4) is 0 Å². The first kappa shape index (κ1) is 24.9. The van der Waals surface area contributed by atoms with Gasteiger partial charge in [0.25, 0.3) is 0 Å². The maximum absolute atomic E-state index is 6.28. The summed E-state index contributed by atoms with van der Waals surface area (Å²) >= 11 is 0. The fourth-order valence-corrected chi connectivity index (χ4v) is 11.5. The third kappa shape index (κ3) is 4.03. The summed E-state index contributed by atoms with van der Waals surface area (Å²) in [6.45, 7) is 2.21. The highest BCUT2D eigenvalue weighted by molar-refractivity contribution is 7.20. The lowest BCUT2D eigenvalue weighted by atomic mass is 10.0. The minimum Gasteiger partial charge on any atom is -0.472 e. The second-order valence-corrected chi connectivity index (χ2v) is 13.9. The van der Waals surface area contributed by atoms with E-state index in [1.807, 2.05) is 18.4 Å². The number of para-hydroxylation sites is 1. The molecule has 7 rings (SSSR count). The molecule has 7 aromatic rings. The van der Waals surface area contributed by atoms with Crippen molar-refractivity contribution in [3.63, 3.8) is 0 Å². The Labute approximate surface area is 241 Å². The van der Waals surface area contributed by atoms with E-state index >= 15 is 0 Å². The van der Waals surface area contributed by atoms with Gasteiger partial charge in [0.05, 0.1) is 18.8 Å². The van der Waals surface area contributed by atoms with Crippen LogP contribution >= 0.6 is 0 Å². The Morgan fingerprint density at radius 2 is 1.07 bits per heavy atom. The van der Waals surface area contributed by atoms with Crippen molar-refractivity contribution in [2.24, 2.45) is 0 Å². The first-order valence-corrected chi connectivity index (χ1v) is 15.8. The monoisotopic (exact) mass is 547 g/mol. The number of nitrogens with zero attached hydrogens (tertiary/aromatic N) is 1. The SMILES string of the molecule is Cc1c(-c2ccoc2)c(-c2ccco2)c([Si](c2ccccc2)(c2ccccc2)c2ccccc2)n1-c1ccccc1. The second-order valence-electron chi connectivity index (χ2n) is 10.2. The lowest BCUT2D eigenvalue weighted by molar-refractivity contribution is 0.568. The summed E-state index contributed by atoms with van der Waals surface area (Å²) < 4.78 is 14.4. The smallest absolute Gasteiger partial charge is 0.200 e. The van der Waals surface area contributed by atoms with Crippen LogP contribution in [-0.2, 0) is 0 Å². The first-order chi connectivity index (χ1) is 20.3. The summed E-state index contributed by atoms with van der Waals surface area (Å²) in [7, 11) is -2.98. The summed E-state index contributed by atoms with van der Waals surface area (Å²) in [5.41, 5.74) is 5.50. The van der Waals surface area contributed by atoms with Gasteiger partial charge in [-0.05, 0) is 52.8 Å². The zero-order chi connectivity index (χ0) is 27.6. The van der Waals surface area contributed by atoms with Gasteiger partial charge in [0.1, 0.15) is 5.76 Å². The van der Waals surface area contributed by atoms with Gasteiger partial charge in [-0.1, -0.05) is 109 Å². The van der Waals surface area contributed by atoms with Crippen LogP contribution in [0, 0.1) is 6.92 Å². The molecule has 41 heavy (non-hydrogen) atoms. The van der Waals surface area contributed by atoms with E-state index in [1.165, 1.54) is 20.9 Å². The van der Waals surface area contributed by atoms with Crippen molar-refractivity contribution in [3.8, 4) is 28.1 Å². The molecule has 3 nitrogen and oxygen atoms in total. The van der Waals surface area contributed by atoms with E-state index in [-0.39, 0.29) is 0 Å². The van der Waals surface area contributed by atoms with Gasteiger partial charge in [0.2, 0.25) is 8.07 Å². The van der Waals surface area contributed by atoms with E-state index in [1.54, 1.807) is 12.5 Å². The summed E-state index contributed by atoms with van der Waals surface area (Å²) in [5.74, 6) is 0.841. The Morgan fingerprint density at radius 1 is 0.537 bits per heavy atom. The summed E-state index contributed by atoms with van der Waals surface area (Å²) in [6.07, 6.45) is 5.35. The van der Waals surface area contributed by atoms with E-state index < -0.39 is 8.07 Å². The molecule has 3 aromatic heterocycles. The van der Waals surface area contributed by atoms with Crippen molar-refractivity contribution in [2.45, 2.75) is 6.92 Å². The zero-order valence-electron chi connectivity index (χ0n) is 22.8. The fraction of sp³-hybridized carbons (Fsp3) is 0.0270. The lowest BCUT2D eigenvalue weighted by Gasteiger charge is -2.36. The van der Waals surface area contributed by atoms with Gasteiger partial charge >= 0.3 is 0 Å². The molecule has 0 saturated heterocycles. The average molecular weight is 548 g/mol. The predicted octanol–water partition coefficient (Wildman–Crippen LogP) is 6.68. The molecule has 0 amide bonds. The minimum absolute atomic E-state index is 0.841. The standard InChI is InChI=1S/C37H29NO2Si/c1-28-35(29-24-26-39-27-29)36(34-23-14-25-40-34)37(38(28)30-15-6-2-7-16-30)41(31-17-8-3-9-18-31,32-19-10-4-11-20-32)33-21-12-5-13-22-33/h2-27H,1H3. The van der Waals surface area contributed by atoms with Crippen molar-refractivity contribution in [2.75, 3.05) is 0 Å². The second kappa shape index (κ2) is 10.5. The van der Waals surface area contributed by atoms with Crippen LogP contribution in [0.2, 0.25) is 0 Å². The molecule has 4 heteroatoms. The molecule has 4 aromatic carbocycles. The number of aromatic nitrogens is 1. The average Bonchev–Trinajstić information content (AvgIpc) is 3.81. The summed E-state index contributed by atoms with van der Waals surface area (Å²) in [5, 5.41) is 5.16. The molecule has 0 N–H and O–H groups in total. The molecule has 0 aliphatic heterocycles. The maximum Gasteiger partial charge on any atom is 0.200 e. The van der Waals surface area contributed by atoms with Crippen molar-refractivity contribution in [3.05, 3.63) is 164 Å².